The average molecular weight is 376 g/mol. The van der Waals surface area contributed by atoms with Gasteiger partial charge in [0.25, 0.3) is 5.91 Å². The molecule has 0 spiro atoms. The average Bonchev–Trinajstić information content (AvgIpc) is 3.10. The number of hydrogen-bond donors (Lipinski definition) is 1. The molecule has 2 aromatic carbocycles. The molecule has 7 heteroatoms. The lowest BCUT2D eigenvalue weighted by atomic mass is 10.1. The van der Waals surface area contributed by atoms with Crippen molar-refractivity contribution in [1.29, 1.82) is 0 Å². The Labute approximate surface area is 154 Å². The van der Waals surface area contributed by atoms with Crippen molar-refractivity contribution in [3.05, 3.63) is 64.7 Å². The predicted octanol–water partition coefficient (Wildman–Crippen LogP) is 3.74. The number of hydrogen-bond acceptors (Lipinski definition) is 3. The number of carbonyl (C=O) groups is 2. The smallest absolute Gasteiger partial charge is 0.255 e. The Morgan fingerprint density at radius 2 is 1.85 bits per heavy atom. The lowest BCUT2D eigenvalue weighted by Crippen LogP contribution is -2.44. The van der Waals surface area contributed by atoms with E-state index in [1.807, 2.05) is 32.0 Å². The fourth-order valence-corrected chi connectivity index (χ4v) is 3.85. The number of halogens is 2. The van der Waals surface area contributed by atoms with E-state index in [0.717, 1.165) is 23.3 Å². The number of anilines is 1. The van der Waals surface area contributed by atoms with Crippen LogP contribution in [0.5, 0.6) is 0 Å². The van der Waals surface area contributed by atoms with Crippen molar-refractivity contribution < 1.29 is 18.4 Å². The maximum absolute atomic E-state index is 13.4. The lowest BCUT2D eigenvalue weighted by molar-refractivity contribution is -0.119. The van der Waals surface area contributed by atoms with Crippen molar-refractivity contribution in [2.24, 2.45) is 0 Å². The van der Waals surface area contributed by atoms with Crippen molar-refractivity contribution in [2.45, 2.75) is 19.9 Å². The van der Waals surface area contributed by atoms with Gasteiger partial charge in [-0.3, -0.25) is 9.59 Å². The van der Waals surface area contributed by atoms with Crippen LogP contribution in [-0.4, -0.2) is 34.4 Å². The molecule has 136 valence electrons. The van der Waals surface area contributed by atoms with E-state index < -0.39 is 23.6 Å². The summed E-state index contributed by atoms with van der Waals surface area (Å²) in [6.07, 6.45) is 0. The van der Waals surface area contributed by atoms with E-state index in [9.17, 15) is 18.4 Å². The Kier molecular flexibility index (Phi) is 5.27. The quantitative estimate of drug-likeness (QED) is 0.888. The van der Waals surface area contributed by atoms with Crippen molar-refractivity contribution >= 4 is 29.3 Å². The Hall–Kier alpha value is -2.41. The molecular formula is C19H18F2N2O2S. The molecule has 1 fully saturated rings. The first-order valence-corrected chi connectivity index (χ1v) is 9.24. The van der Waals surface area contributed by atoms with Crippen LogP contribution in [0.3, 0.4) is 0 Å². The number of aryl methyl sites for hydroxylation is 2. The zero-order chi connectivity index (χ0) is 18.8. The van der Waals surface area contributed by atoms with Crippen molar-refractivity contribution in [2.75, 3.05) is 16.9 Å². The third kappa shape index (κ3) is 3.72. The molecule has 1 atom stereocenters. The molecule has 26 heavy (non-hydrogen) atoms. The number of carbonyl (C=O) groups excluding carboxylic acids is 2. The van der Waals surface area contributed by atoms with Gasteiger partial charge in [0, 0.05) is 17.0 Å². The molecule has 0 aromatic heterocycles. The van der Waals surface area contributed by atoms with Gasteiger partial charge in [-0.15, -0.1) is 11.8 Å². The third-order valence-electron chi connectivity index (χ3n) is 4.39. The van der Waals surface area contributed by atoms with Gasteiger partial charge in [-0.2, -0.15) is 0 Å². The third-order valence-corrected chi connectivity index (χ3v) is 5.40. The van der Waals surface area contributed by atoms with E-state index in [1.54, 1.807) is 0 Å². The first-order chi connectivity index (χ1) is 12.4. The van der Waals surface area contributed by atoms with Crippen molar-refractivity contribution in [3.63, 3.8) is 0 Å². The summed E-state index contributed by atoms with van der Waals surface area (Å²) in [5, 5.41) is 2.83. The number of benzene rings is 2. The first kappa shape index (κ1) is 18.4. The van der Waals surface area contributed by atoms with Crippen LogP contribution < -0.4 is 5.32 Å². The van der Waals surface area contributed by atoms with Crippen LogP contribution in [0, 0.1) is 25.5 Å². The zero-order valence-corrected chi connectivity index (χ0v) is 15.2. The number of nitrogens with one attached hydrogen (secondary N) is 1. The molecule has 1 saturated heterocycles. The molecule has 2 aromatic rings. The molecule has 1 unspecified atom stereocenters. The molecule has 0 aliphatic carbocycles. The van der Waals surface area contributed by atoms with Crippen LogP contribution in [0.25, 0.3) is 0 Å². The zero-order valence-electron chi connectivity index (χ0n) is 14.4. The number of nitrogens with zero attached hydrogens (tertiary/aromatic N) is 1. The van der Waals surface area contributed by atoms with Crippen LogP contribution >= 0.6 is 11.8 Å². The van der Waals surface area contributed by atoms with Gasteiger partial charge in [0.1, 0.15) is 6.04 Å². The summed E-state index contributed by atoms with van der Waals surface area (Å²) >= 11 is 1.44. The second-order valence-electron chi connectivity index (χ2n) is 6.21. The van der Waals surface area contributed by atoms with Crippen molar-refractivity contribution in [1.82, 2.24) is 4.90 Å². The first-order valence-electron chi connectivity index (χ1n) is 8.08. The van der Waals surface area contributed by atoms with Gasteiger partial charge in [-0.25, -0.2) is 8.78 Å². The largest absolute Gasteiger partial charge is 0.324 e. The molecule has 1 aliphatic rings. The molecule has 1 aliphatic heterocycles. The highest BCUT2D eigenvalue weighted by Crippen LogP contribution is 2.25. The van der Waals surface area contributed by atoms with Gasteiger partial charge < -0.3 is 10.2 Å². The van der Waals surface area contributed by atoms with Gasteiger partial charge in [0.15, 0.2) is 11.6 Å². The van der Waals surface area contributed by atoms with Crippen LogP contribution in [0.4, 0.5) is 14.5 Å². The molecule has 1 N–H and O–H groups in total. The molecule has 0 bridgehead atoms. The maximum Gasteiger partial charge on any atom is 0.255 e. The van der Waals surface area contributed by atoms with E-state index in [-0.39, 0.29) is 11.5 Å². The highest BCUT2D eigenvalue weighted by molar-refractivity contribution is 7.99. The van der Waals surface area contributed by atoms with Crippen LogP contribution in [0.2, 0.25) is 0 Å². The molecule has 3 rings (SSSR count). The highest BCUT2D eigenvalue weighted by atomic mass is 32.2. The summed E-state index contributed by atoms with van der Waals surface area (Å²) < 4.78 is 26.5. The fraction of sp³-hybridized carbons (Fsp3) is 0.263. The minimum atomic E-state index is -1.08. The van der Waals surface area contributed by atoms with E-state index in [0.29, 0.717) is 17.3 Å². The normalized spacial score (nSPS) is 16.6. The van der Waals surface area contributed by atoms with E-state index in [1.165, 1.54) is 22.7 Å². The van der Waals surface area contributed by atoms with Gasteiger partial charge >= 0.3 is 0 Å². The fourth-order valence-electron chi connectivity index (χ4n) is 2.70. The standard InChI is InChI=1S/C19H18F2N2O2S/c1-11-3-5-14(7-12(11)2)22-18(24)17-9-26-10-23(17)19(25)13-4-6-15(20)16(21)8-13/h3-8,17H,9-10H2,1-2H3,(H,22,24). The highest BCUT2D eigenvalue weighted by Gasteiger charge is 2.35. The Morgan fingerprint density at radius 3 is 2.54 bits per heavy atom. The van der Waals surface area contributed by atoms with E-state index >= 15 is 0 Å². The Balaban J connectivity index is 1.76. The van der Waals surface area contributed by atoms with Gasteiger partial charge in [0.05, 0.1) is 5.88 Å². The van der Waals surface area contributed by atoms with Gasteiger partial charge in [0.2, 0.25) is 5.91 Å². The monoisotopic (exact) mass is 376 g/mol. The maximum atomic E-state index is 13.4. The Bertz CT molecular complexity index is 873. The Morgan fingerprint density at radius 1 is 1.08 bits per heavy atom. The molecular weight excluding hydrogens is 358 g/mol. The summed E-state index contributed by atoms with van der Waals surface area (Å²) in [6.45, 7) is 3.94. The molecule has 0 saturated carbocycles. The molecule has 0 radical (unpaired) electrons. The number of thioether (sulfide) groups is 1. The summed E-state index contributed by atoms with van der Waals surface area (Å²) in [5.74, 6) is -2.11. The lowest BCUT2D eigenvalue weighted by Gasteiger charge is -2.23. The summed E-state index contributed by atoms with van der Waals surface area (Å²) in [6, 6.07) is 7.93. The molecule has 4 nitrogen and oxygen atoms in total. The minimum absolute atomic E-state index is 0.0235. The second kappa shape index (κ2) is 7.45. The van der Waals surface area contributed by atoms with E-state index in [4.69, 9.17) is 0 Å². The van der Waals surface area contributed by atoms with Gasteiger partial charge in [-0.05, 0) is 55.3 Å². The van der Waals surface area contributed by atoms with E-state index in [2.05, 4.69) is 5.32 Å². The number of rotatable bonds is 3. The van der Waals surface area contributed by atoms with Crippen molar-refractivity contribution in [3.8, 4) is 0 Å². The van der Waals surface area contributed by atoms with Crippen LogP contribution in [0.1, 0.15) is 21.5 Å². The van der Waals surface area contributed by atoms with Crippen LogP contribution in [-0.2, 0) is 4.79 Å². The second-order valence-corrected chi connectivity index (χ2v) is 7.21. The molecule has 2 amide bonds. The van der Waals surface area contributed by atoms with Gasteiger partial charge in [-0.1, -0.05) is 6.07 Å². The summed E-state index contributed by atoms with van der Waals surface area (Å²) in [4.78, 5) is 26.6. The summed E-state index contributed by atoms with van der Waals surface area (Å²) in [7, 11) is 0. The predicted molar refractivity (Wildman–Crippen MR) is 98.2 cm³/mol. The minimum Gasteiger partial charge on any atom is -0.324 e. The summed E-state index contributed by atoms with van der Waals surface area (Å²) in [5.41, 5.74) is 2.86. The SMILES string of the molecule is Cc1ccc(NC(=O)C2CSCN2C(=O)c2ccc(F)c(F)c2)cc1C. The van der Waals surface area contributed by atoms with Crippen LogP contribution in [0.15, 0.2) is 36.4 Å². The molecule has 1 heterocycles. The topological polar surface area (TPSA) is 49.4 Å². The number of amides is 2.